The molecule has 0 spiro atoms. The predicted octanol–water partition coefficient (Wildman–Crippen LogP) is 3.82. The van der Waals surface area contributed by atoms with Gasteiger partial charge in [-0.2, -0.15) is 0 Å². The molecule has 0 aliphatic rings. The highest BCUT2D eigenvalue weighted by molar-refractivity contribution is 9.10. The molecule has 1 amide bonds. The van der Waals surface area contributed by atoms with Crippen LogP contribution in [0, 0.1) is 6.92 Å². The van der Waals surface area contributed by atoms with Crippen LogP contribution in [-0.2, 0) is 16.4 Å². The Hall–Kier alpha value is -1.70. The van der Waals surface area contributed by atoms with Crippen molar-refractivity contribution in [3.05, 3.63) is 57.6 Å². The number of rotatable bonds is 5. The van der Waals surface area contributed by atoms with Crippen molar-refractivity contribution in [2.45, 2.75) is 25.2 Å². The van der Waals surface area contributed by atoms with Crippen LogP contribution in [0.3, 0.4) is 0 Å². The molecule has 0 bridgehead atoms. The lowest BCUT2D eigenvalue weighted by Crippen LogP contribution is -2.23. The van der Waals surface area contributed by atoms with Crippen LogP contribution >= 0.6 is 15.9 Å². The zero-order valence-corrected chi connectivity index (χ0v) is 17.0. The van der Waals surface area contributed by atoms with Gasteiger partial charge in [0.1, 0.15) is 0 Å². The van der Waals surface area contributed by atoms with E-state index >= 15 is 0 Å². The van der Waals surface area contributed by atoms with E-state index in [-0.39, 0.29) is 16.4 Å². The minimum Gasteiger partial charge on any atom is -0.321 e. The topological polar surface area (TPSA) is 66.5 Å². The molecule has 134 valence electrons. The van der Waals surface area contributed by atoms with Gasteiger partial charge in [-0.25, -0.2) is 12.7 Å². The second-order valence-corrected chi connectivity index (χ2v) is 8.82. The average Bonchev–Trinajstić information content (AvgIpc) is 2.56. The number of carbonyl (C=O) groups excluding carboxylic acids is 1. The van der Waals surface area contributed by atoms with Crippen molar-refractivity contribution in [1.82, 2.24) is 4.31 Å². The molecule has 0 aromatic heterocycles. The summed E-state index contributed by atoms with van der Waals surface area (Å²) in [5, 5.41) is 2.91. The number of amides is 1. The number of nitrogens with zero attached hydrogens (tertiary/aromatic N) is 1. The van der Waals surface area contributed by atoms with Gasteiger partial charge in [-0.3, -0.25) is 4.79 Å². The predicted molar refractivity (Wildman–Crippen MR) is 104 cm³/mol. The molecule has 0 radical (unpaired) electrons. The maximum absolute atomic E-state index is 12.7. The van der Waals surface area contributed by atoms with E-state index in [4.69, 9.17) is 0 Å². The fourth-order valence-electron chi connectivity index (χ4n) is 2.43. The van der Waals surface area contributed by atoms with Crippen molar-refractivity contribution in [3.63, 3.8) is 0 Å². The molecule has 0 aliphatic carbocycles. The summed E-state index contributed by atoms with van der Waals surface area (Å²) in [5.41, 5.74) is 3.06. The van der Waals surface area contributed by atoms with Crippen LogP contribution in [0.4, 0.5) is 5.69 Å². The Morgan fingerprint density at radius 1 is 1.20 bits per heavy atom. The number of benzene rings is 2. The second-order valence-electron chi connectivity index (χ2n) is 5.85. The highest BCUT2D eigenvalue weighted by atomic mass is 79.9. The first-order chi connectivity index (χ1) is 11.7. The van der Waals surface area contributed by atoms with E-state index in [1.807, 2.05) is 32.0 Å². The monoisotopic (exact) mass is 424 g/mol. The molecule has 7 heteroatoms. The van der Waals surface area contributed by atoms with E-state index < -0.39 is 10.0 Å². The normalized spacial score (nSPS) is 11.6. The van der Waals surface area contributed by atoms with Crippen LogP contribution < -0.4 is 5.32 Å². The molecule has 2 aromatic carbocycles. The summed E-state index contributed by atoms with van der Waals surface area (Å²) in [7, 11) is -0.743. The van der Waals surface area contributed by atoms with Crippen molar-refractivity contribution in [3.8, 4) is 0 Å². The van der Waals surface area contributed by atoms with Gasteiger partial charge in [0.15, 0.2) is 0 Å². The van der Waals surface area contributed by atoms with Gasteiger partial charge < -0.3 is 5.32 Å². The molecule has 5 nitrogen and oxygen atoms in total. The number of aryl methyl sites for hydroxylation is 2. The standard InChI is InChI=1S/C18H21BrN2O3S/c1-5-13-8-6-7-12(2)17(13)20-18(22)14-9-10-15(19)16(11-14)25(23,24)21(3)4/h6-11H,5H2,1-4H3,(H,20,22). The first-order valence-electron chi connectivity index (χ1n) is 7.80. The molecule has 0 aliphatic heterocycles. The smallest absolute Gasteiger partial charge is 0.255 e. The third-order valence-corrected chi connectivity index (χ3v) is 6.74. The number of anilines is 1. The number of para-hydroxylation sites is 1. The Morgan fingerprint density at radius 2 is 1.88 bits per heavy atom. The number of sulfonamides is 1. The molecular weight excluding hydrogens is 404 g/mol. The summed E-state index contributed by atoms with van der Waals surface area (Å²) in [4.78, 5) is 12.7. The molecule has 0 saturated carbocycles. The van der Waals surface area contributed by atoms with Gasteiger partial charge in [0.25, 0.3) is 5.91 Å². The zero-order chi connectivity index (χ0) is 18.8. The van der Waals surface area contributed by atoms with E-state index in [1.54, 1.807) is 12.1 Å². The molecule has 0 heterocycles. The molecule has 2 rings (SSSR count). The van der Waals surface area contributed by atoms with Crippen LogP contribution in [0.2, 0.25) is 0 Å². The van der Waals surface area contributed by atoms with Crippen molar-refractivity contribution < 1.29 is 13.2 Å². The Kier molecular flexibility index (Phi) is 6.03. The summed E-state index contributed by atoms with van der Waals surface area (Å²) in [6, 6.07) is 10.4. The molecule has 2 aromatic rings. The largest absolute Gasteiger partial charge is 0.321 e. The molecule has 0 saturated heterocycles. The van der Waals surface area contributed by atoms with Gasteiger partial charge in [0, 0.05) is 29.8 Å². The number of hydrogen-bond acceptors (Lipinski definition) is 3. The van der Waals surface area contributed by atoms with E-state index in [1.165, 1.54) is 20.2 Å². The van der Waals surface area contributed by atoms with Gasteiger partial charge in [0.05, 0.1) is 4.90 Å². The summed E-state index contributed by atoms with van der Waals surface area (Å²) in [5.74, 6) is -0.341. The Labute approximate surface area is 157 Å². The number of carbonyl (C=O) groups is 1. The van der Waals surface area contributed by atoms with E-state index in [2.05, 4.69) is 21.2 Å². The maximum atomic E-state index is 12.7. The van der Waals surface area contributed by atoms with E-state index in [9.17, 15) is 13.2 Å². The van der Waals surface area contributed by atoms with Crippen LogP contribution in [0.1, 0.15) is 28.4 Å². The first-order valence-corrected chi connectivity index (χ1v) is 10.0. The highest BCUT2D eigenvalue weighted by Gasteiger charge is 2.22. The van der Waals surface area contributed by atoms with E-state index in [0.717, 1.165) is 27.5 Å². The van der Waals surface area contributed by atoms with Gasteiger partial charge in [-0.15, -0.1) is 0 Å². The van der Waals surface area contributed by atoms with Crippen molar-refractivity contribution >= 4 is 37.5 Å². The van der Waals surface area contributed by atoms with Crippen LogP contribution in [0.15, 0.2) is 45.8 Å². The molecular formula is C18H21BrN2O3S. The molecule has 1 N–H and O–H groups in total. The minimum absolute atomic E-state index is 0.0608. The van der Waals surface area contributed by atoms with Crippen LogP contribution in [0.5, 0.6) is 0 Å². The number of hydrogen-bond donors (Lipinski definition) is 1. The lowest BCUT2D eigenvalue weighted by molar-refractivity contribution is 0.102. The van der Waals surface area contributed by atoms with Crippen LogP contribution in [-0.4, -0.2) is 32.7 Å². The van der Waals surface area contributed by atoms with Gasteiger partial charge in [-0.1, -0.05) is 25.1 Å². The maximum Gasteiger partial charge on any atom is 0.255 e. The molecule has 0 fully saturated rings. The van der Waals surface area contributed by atoms with Crippen molar-refractivity contribution in [1.29, 1.82) is 0 Å². The average molecular weight is 425 g/mol. The second kappa shape index (κ2) is 7.68. The number of nitrogens with one attached hydrogen (secondary N) is 1. The lowest BCUT2D eigenvalue weighted by atomic mass is 10.1. The zero-order valence-electron chi connectivity index (χ0n) is 14.6. The third kappa shape index (κ3) is 4.11. The van der Waals surface area contributed by atoms with Gasteiger partial charge in [0.2, 0.25) is 10.0 Å². The lowest BCUT2D eigenvalue weighted by Gasteiger charge is -2.15. The minimum atomic E-state index is -3.65. The van der Waals surface area contributed by atoms with Crippen molar-refractivity contribution in [2.75, 3.05) is 19.4 Å². The third-order valence-electron chi connectivity index (χ3n) is 3.93. The quantitative estimate of drug-likeness (QED) is 0.792. The first kappa shape index (κ1) is 19.6. The summed E-state index contributed by atoms with van der Waals surface area (Å²) in [6.07, 6.45) is 0.790. The number of halogens is 1. The van der Waals surface area contributed by atoms with E-state index in [0.29, 0.717) is 4.47 Å². The Balaban J connectivity index is 2.42. The Morgan fingerprint density at radius 3 is 2.48 bits per heavy atom. The van der Waals surface area contributed by atoms with Crippen molar-refractivity contribution in [2.24, 2.45) is 0 Å². The summed E-state index contributed by atoms with van der Waals surface area (Å²) in [6.45, 7) is 3.95. The highest BCUT2D eigenvalue weighted by Crippen LogP contribution is 2.27. The molecule has 0 atom stereocenters. The molecule has 0 unspecified atom stereocenters. The SMILES string of the molecule is CCc1cccc(C)c1NC(=O)c1ccc(Br)c(S(=O)(=O)N(C)C)c1. The van der Waals surface area contributed by atoms with Crippen LogP contribution in [0.25, 0.3) is 0 Å². The van der Waals surface area contributed by atoms with Gasteiger partial charge in [-0.05, 0) is 58.6 Å². The molecule has 25 heavy (non-hydrogen) atoms. The Bertz CT molecular complexity index is 909. The van der Waals surface area contributed by atoms with Gasteiger partial charge >= 0.3 is 0 Å². The fraction of sp³-hybridized carbons (Fsp3) is 0.278. The summed E-state index contributed by atoms with van der Waals surface area (Å²) < 4.78 is 26.3. The summed E-state index contributed by atoms with van der Waals surface area (Å²) >= 11 is 3.25. The fourth-order valence-corrected chi connectivity index (χ4v) is 4.27.